The predicted molar refractivity (Wildman–Crippen MR) is 74.7 cm³/mol. The van der Waals surface area contributed by atoms with Gasteiger partial charge in [-0.05, 0) is 19.8 Å². The normalized spacial score (nSPS) is 14.5. The second-order valence-electron chi connectivity index (χ2n) is 4.49. The van der Waals surface area contributed by atoms with E-state index >= 15 is 0 Å². The Morgan fingerprint density at radius 2 is 2.30 bits per heavy atom. The third-order valence-corrected chi connectivity index (χ3v) is 4.78. The molecule has 1 fully saturated rings. The lowest BCUT2D eigenvalue weighted by Gasteiger charge is -2.15. The highest BCUT2D eigenvalue weighted by Gasteiger charge is 2.34. The van der Waals surface area contributed by atoms with Crippen molar-refractivity contribution >= 4 is 34.1 Å². The van der Waals surface area contributed by atoms with Crippen LogP contribution in [0.1, 0.15) is 31.5 Å². The zero-order valence-electron chi connectivity index (χ0n) is 11.1. The smallest absolute Gasteiger partial charge is 0.237 e. The molecule has 0 radical (unpaired) electrons. The molecule has 0 N–H and O–H groups in total. The average Bonchev–Trinajstić information content (AvgIpc) is 2.95. The second kappa shape index (κ2) is 5.49. The van der Waals surface area contributed by atoms with Gasteiger partial charge in [0.05, 0.1) is 5.75 Å². The fourth-order valence-corrected chi connectivity index (χ4v) is 3.56. The van der Waals surface area contributed by atoms with E-state index in [2.05, 4.69) is 20.3 Å². The number of aromatic nitrogens is 4. The summed E-state index contributed by atoms with van der Waals surface area (Å²) in [7, 11) is 0. The molecular weight excluding hydrogens is 298 g/mol. The first-order valence-electron chi connectivity index (χ1n) is 6.19. The van der Waals surface area contributed by atoms with Gasteiger partial charge < -0.3 is 4.52 Å². The highest BCUT2D eigenvalue weighted by molar-refractivity contribution is 8.00. The van der Waals surface area contributed by atoms with Crippen molar-refractivity contribution in [3.63, 3.8) is 0 Å². The van der Waals surface area contributed by atoms with E-state index in [1.165, 1.54) is 23.1 Å². The molecule has 0 aromatic carbocycles. The van der Waals surface area contributed by atoms with Crippen LogP contribution in [0.3, 0.4) is 0 Å². The van der Waals surface area contributed by atoms with Crippen LogP contribution in [0.15, 0.2) is 8.86 Å². The Hall–Kier alpha value is -1.48. The molecule has 1 aliphatic carbocycles. The van der Waals surface area contributed by atoms with Gasteiger partial charge in [-0.15, -0.1) is 10.2 Å². The largest absolute Gasteiger partial charge is 0.338 e. The molecule has 1 aliphatic rings. The number of carbonyl (C=O) groups excluding carboxylic acids is 1. The summed E-state index contributed by atoms with van der Waals surface area (Å²) in [5.74, 6) is 1.76. The van der Waals surface area contributed by atoms with E-state index < -0.39 is 0 Å². The first kappa shape index (κ1) is 13.5. The lowest BCUT2D eigenvalue weighted by molar-refractivity contribution is -0.116. The number of thioether (sulfide) groups is 1. The van der Waals surface area contributed by atoms with Crippen molar-refractivity contribution < 1.29 is 9.32 Å². The van der Waals surface area contributed by atoms with E-state index in [9.17, 15) is 4.79 Å². The molecule has 2 heterocycles. The molecule has 106 valence electrons. The van der Waals surface area contributed by atoms with Crippen molar-refractivity contribution in [3.8, 4) is 0 Å². The molecule has 7 nitrogen and oxygen atoms in total. The number of aryl methyl sites for hydroxylation is 1. The van der Waals surface area contributed by atoms with Gasteiger partial charge in [0.2, 0.25) is 16.9 Å². The third kappa shape index (κ3) is 2.98. The summed E-state index contributed by atoms with van der Waals surface area (Å²) in [5, 5.41) is 12.6. The lowest BCUT2D eigenvalue weighted by Crippen LogP contribution is -2.30. The SMILES string of the molecule is CC(=O)N(c1nnc(SCc2nc(C)no2)s1)C1CC1. The minimum Gasteiger partial charge on any atom is -0.338 e. The van der Waals surface area contributed by atoms with Crippen LogP contribution in [0.4, 0.5) is 5.13 Å². The summed E-state index contributed by atoms with van der Waals surface area (Å²) in [6.07, 6.45) is 2.09. The number of carbonyl (C=O) groups is 1. The zero-order valence-corrected chi connectivity index (χ0v) is 12.7. The van der Waals surface area contributed by atoms with Crippen molar-refractivity contribution in [1.82, 2.24) is 20.3 Å². The number of nitrogens with zero attached hydrogens (tertiary/aromatic N) is 5. The van der Waals surface area contributed by atoms with Gasteiger partial charge in [-0.1, -0.05) is 28.3 Å². The Morgan fingerprint density at radius 3 is 2.90 bits per heavy atom. The summed E-state index contributed by atoms with van der Waals surface area (Å²) in [5.41, 5.74) is 0. The zero-order chi connectivity index (χ0) is 14.1. The minimum absolute atomic E-state index is 0.0210. The van der Waals surface area contributed by atoms with Crippen LogP contribution in [0, 0.1) is 6.92 Å². The van der Waals surface area contributed by atoms with E-state index in [1.807, 2.05) is 0 Å². The molecule has 0 bridgehead atoms. The molecule has 0 unspecified atom stereocenters. The Bertz CT molecular complexity index is 622. The Kier molecular flexibility index (Phi) is 3.70. The van der Waals surface area contributed by atoms with Gasteiger partial charge in [-0.2, -0.15) is 4.98 Å². The van der Waals surface area contributed by atoms with Crippen molar-refractivity contribution in [2.24, 2.45) is 0 Å². The van der Waals surface area contributed by atoms with Crippen LogP contribution < -0.4 is 4.90 Å². The van der Waals surface area contributed by atoms with Gasteiger partial charge >= 0.3 is 0 Å². The van der Waals surface area contributed by atoms with Crippen molar-refractivity contribution in [2.45, 2.75) is 42.8 Å². The molecule has 20 heavy (non-hydrogen) atoms. The topological polar surface area (TPSA) is 85.0 Å². The summed E-state index contributed by atoms with van der Waals surface area (Å²) < 4.78 is 5.83. The number of hydrogen-bond acceptors (Lipinski definition) is 8. The molecular formula is C11H13N5O2S2. The van der Waals surface area contributed by atoms with Crippen LogP contribution in [0.5, 0.6) is 0 Å². The molecule has 0 saturated heterocycles. The number of rotatable bonds is 5. The summed E-state index contributed by atoms with van der Waals surface area (Å²) in [6, 6.07) is 0.303. The molecule has 0 aliphatic heterocycles. The van der Waals surface area contributed by atoms with Gasteiger partial charge in [0.15, 0.2) is 10.2 Å². The van der Waals surface area contributed by atoms with Crippen molar-refractivity contribution in [3.05, 3.63) is 11.7 Å². The van der Waals surface area contributed by atoms with Crippen LogP contribution in [0.25, 0.3) is 0 Å². The molecule has 2 aromatic heterocycles. The number of anilines is 1. The van der Waals surface area contributed by atoms with Gasteiger partial charge in [-0.25, -0.2) is 0 Å². The highest BCUT2D eigenvalue weighted by atomic mass is 32.2. The fourth-order valence-electron chi connectivity index (χ4n) is 1.76. The number of amides is 1. The molecule has 1 amide bonds. The first-order chi connectivity index (χ1) is 9.63. The lowest BCUT2D eigenvalue weighted by atomic mass is 10.5. The van der Waals surface area contributed by atoms with E-state index in [0.717, 1.165) is 17.2 Å². The quantitative estimate of drug-likeness (QED) is 0.617. The maximum atomic E-state index is 11.6. The Labute approximate surface area is 123 Å². The van der Waals surface area contributed by atoms with Gasteiger partial charge in [-0.3, -0.25) is 9.69 Å². The first-order valence-corrected chi connectivity index (χ1v) is 7.99. The molecule has 0 spiro atoms. The summed E-state index contributed by atoms with van der Waals surface area (Å²) in [6.45, 7) is 3.34. The van der Waals surface area contributed by atoms with Gasteiger partial charge in [0.25, 0.3) is 0 Å². The Morgan fingerprint density at radius 1 is 1.50 bits per heavy atom. The van der Waals surface area contributed by atoms with Crippen LogP contribution in [-0.4, -0.2) is 32.3 Å². The standard InChI is InChI=1S/C11H13N5O2S2/c1-6-12-9(18-15-6)5-19-11-14-13-10(20-11)16(7(2)17)8-3-4-8/h8H,3-5H2,1-2H3. The molecule has 3 rings (SSSR count). The third-order valence-electron chi connectivity index (χ3n) is 2.74. The van der Waals surface area contributed by atoms with E-state index in [1.54, 1.807) is 18.7 Å². The minimum atomic E-state index is 0.0210. The van der Waals surface area contributed by atoms with Crippen molar-refractivity contribution in [2.75, 3.05) is 4.90 Å². The average molecular weight is 311 g/mol. The predicted octanol–water partition coefficient (Wildman–Crippen LogP) is 2.04. The second-order valence-corrected chi connectivity index (χ2v) is 6.67. The van der Waals surface area contributed by atoms with Gasteiger partial charge in [0.1, 0.15) is 0 Å². The molecule has 1 saturated carbocycles. The summed E-state index contributed by atoms with van der Waals surface area (Å²) in [4.78, 5) is 17.5. The van der Waals surface area contributed by atoms with E-state index in [-0.39, 0.29) is 5.91 Å². The molecule has 0 atom stereocenters. The van der Waals surface area contributed by atoms with E-state index in [0.29, 0.717) is 28.6 Å². The van der Waals surface area contributed by atoms with Gasteiger partial charge in [0, 0.05) is 13.0 Å². The number of hydrogen-bond donors (Lipinski definition) is 0. The van der Waals surface area contributed by atoms with Crippen molar-refractivity contribution in [1.29, 1.82) is 0 Å². The monoisotopic (exact) mass is 311 g/mol. The maximum absolute atomic E-state index is 11.6. The fraction of sp³-hybridized carbons (Fsp3) is 0.545. The highest BCUT2D eigenvalue weighted by Crippen LogP contribution is 2.36. The van der Waals surface area contributed by atoms with E-state index in [4.69, 9.17) is 4.52 Å². The van der Waals surface area contributed by atoms with Crippen LogP contribution >= 0.6 is 23.1 Å². The van der Waals surface area contributed by atoms with Crippen LogP contribution in [-0.2, 0) is 10.5 Å². The summed E-state index contributed by atoms with van der Waals surface area (Å²) >= 11 is 2.90. The molecule has 2 aromatic rings. The Balaban J connectivity index is 1.65. The molecule has 9 heteroatoms. The van der Waals surface area contributed by atoms with Crippen LogP contribution in [0.2, 0.25) is 0 Å². The maximum Gasteiger partial charge on any atom is 0.237 e.